The summed E-state index contributed by atoms with van der Waals surface area (Å²) >= 11 is 1.42. The second kappa shape index (κ2) is 4.75. The number of thiophene rings is 1. The molecule has 0 unspecified atom stereocenters. The first kappa shape index (κ1) is 11.9. The van der Waals surface area contributed by atoms with Crippen LogP contribution in [0.2, 0.25) is 0 Å². The SMILES string of the molecule is Cc1ccc(C(=O)Cc2cccs2)c(F)c1F. The molecular weight excluding hydrogens is 242 g/mol. The molecule has 4 heteroatoms. The van der Waals surface area contributed by atoms with Crippen LogP contribution >= 0.6 is 11.3 Å². The maximum atomic E-state index is 13.5. The number of Topliss-reactive ketones (excluding diaryl/α,β-unsaturated/α-hetero) is 1. The van der Waals surface area contributed by atoms with Crippen molar-refractivity contribution < 1.29 is 13.6 Å². The Morgan fingerprint density at radius 3 is 2.65 bits per heavy atom. The van der Waals surface area contributed by atoms with Crippen LogP contribution in [0.1, 0.15) is 20.8 Å². The predicted molar refractivity (Wildman–Crippen MR) is 63.4 cm³/mol. The molecule has 1 nitrogen and oxygen atoms in total. The fraction of sp³-hybridized carbons (Fsp3) is 0.154. The minimum atomic E-state index is -1.05. The second-order valence-electron chi connectivity index (χ2n) is 3.74. The van der Waals surface area contributed by atoms with Gasteiger partial charge in [0.1, 0.15) is 0 Å². The van der Waals surface area contributed by atoms with Gasteiger partial charge in [0.2, 0.25) is 0 Å². The van der Waals surface area contributed by atoms with Crippen LogP contribution in [0.5, 0.6) is 0 Å². The lowest BCUT2D eigenvalue weighted by Gasteiger charge is -2.04. The molecule has 1 aromatic carbocycles. The number of carbonyl (C=O) groups is 1. The number of aryl methyl sites for hydroxylation is 1. The van der Waals surface area contributed by atoms with E-state index >= 15 is 0 Å². The summed E-state index contributed by atoms with van der Waals surface area (Å²) in [6, 6.07) is 6.37. The molecule has 0 aliphatic carbocycles. The maximum absolute atomic E-state index is 13.5. The van der Waals surface area contributed by atoms with Gasteiger partial charge in [0.15, 0.2) is 17.4 Å². The van der Waals surface area contributed by atoms with Crippen LogP contribution < -0.4 is 0 Å². The van der Waals surface area contributed by atoms with Crippen molar-refractivity contribution in [3.05, 3.63) is 57.3 Å². The fourth-order valence-electron chi connectivity index (χ4n) is 1.53. The summed E-state index contributed by atoms with van der Waals surface area (Å²) in [4.78, 5) is 12.6. The normalized spacial score (nSPS) is 10.5. The van der Waals surface area contributed by atoms with E-state index in [1.807, 2.05) is 11.4 Å². The third-order valence-corrected chi connectivity index (χ3v) is 3.37. The van der Waals surface area contributed by atoms with Gasteiger partial charge in [-0.05, 0) is 30.0 Å². The first-order chi connectivity index (χ1) is 8.09. The van der Waals surface area contributed by atoms with Gasteiger partial charge in [-0.25, -0.2) is 8.78 Å². The van der Waals surface area contributed by atoms with Crippen LogP contribution in [0, 0.1) is 18.6 Å². The molecule has 0 atom stereocenters. The Labute approximate surface area is 102 Å². The molecule has 0 amide bonds. The van der Waals surface area contributed by atoms with E-state index in [1.165, 1.54) is 30.4 Å². The zero-order valence-electron chi connectivity index (χ0n) is 9.17. The summed E-state index contributed by atoms with van der Waals surface area (Å²) in [7, 11) is 0. The first-order valence-electron chi connectivity index (χ1n) is 5.10. The third-order valence-electron chi connectivity index (χ3n) is 2.49. The van der Waals surface area contributed by atoms with Gasteiger partial charge in [-0.2, -0.15) is 0 Å². The number of carbonyl (C=O) groups excluding carboxylic acids is 1. The first-order valence-corrected chi connectivity index (χ1v) is 5.97. The number of hydrogen-bond donors (Lipinski definition) is 0. The van der Waals surface area contributed by atoms with Crippen molar-refractivity contribution in [2.75, 3.05) is 0 Å². The van der Waals surface area contributed by atoms with Crippen LogP contribution in [0.25, 0.3) is 0 Å². The average molecular weight is 252 g/mol. The molecule has 1 aromatic heterocycles. The van der Waals surface area contributed by atoms with Crippen molar-refractivity contribution in [3.63, 3.8) is 0 Å². The zero-order valence-corrected chi connectivity index (χ0v) is 9.98. The molecule has 0 saturated carbocycles. The highest BCUT2D eigenvalue weighted by molar-refractivity contribution is 7.10. The van der Waals surface area contributed by atoms with Crippen molar-refractivity contribution in [1.82, 2.24) is 0 Å². The van der Waals surface area contributed by atoms with Gasteiger partial charge >= 0.3 is 0 Å². The Morgan fingerprint density at radius 1 is 1.24 bits per heavy atom. The lowest BCUT2D eigenvalue weighted by molar-refractivity contribution is 0.0989. The van der Waals surface area contributed by atoms with Gasteiger partial charge in [0, 0.05) is 11.3 Å². The summed E-state index contributed by atoms with van der Waals surface area (Å²) in [6.07, 6.45) is 0.108. The molecule has 2 rings (SSSR count). The van der Waals surface area contributed by atoms with E-state index in [1.54, 1.807) is 6.07 Å². The summed E-state index contributed by atoms with van der Waals surface area (Å²) in [6.45, 7) is 1.46. The molecule has 88 valence electrons. The molecule has 0 bridgehead atoms. The van der Waals surface area contributed by atoms with E-state index in [9.17, 15) is 13.6 Å². The lowest BCUT2D eigenvalue weighted by atomic mass is 10.0. The largest absolute Gasteiger partial charge is 0.294 e. The Balaban J connectivity index is 2.29. The maximum Gasteiger partial charge on any atom is 0.171 e. The lowest BCUT2D eigenvalue weighted by Crippen LogP contribution is -2.07. The minimum Gasteiger partial charge on any atom is -0.294 e. The predicted octanol–water partition coefficient (Wildman–Crippen LogP) is 3.76. The topological polar surface area (TPSA) is 17.1 Å². The molecule has 0 N–H and O–H groups in total. The van der Waals surface area contributed by atoms with Crippen molar-refractivity contribution in [1.29, 1.82) is 0 Å². The van der Waals surface area contributed by atoms with E-state index < -0.39 is 17.4 Å². The van der Waals surface area contributed by atoms with Crippen molar-refractivity contribution in [2.45, 2.75) is 13.3 Å². The van der Waals surface area contributed by atoms with Crippen LogP contribution in [-0.2, 0) is 6.42 Å². The number of benzene rings is 1. The van der Waals surface area contributed by atoms with Gasteiger partial charge < -0.3 is 0 Å². The highest BCUT2D eigenvalue weighted by Crippen LogP contribution is 2.19. The number of halogens is 2. The molecule has 0 fully saturated rings. The Bertz CT molecular complexity index is 547. The van der Waals surface area contributed by atoms with Crippen LogP contribution in [0.4, 0.5) is 8.78 Å². The van der Waals surface area contributed by atoms with Gasteiger partial charge in [-0.3, -0.25) is 4.79 Å². The average Bonchev–Trinajstić information content (AvgIpc) is 2.78. The molecule has 0 aliphatic rings. The molecule has 17 heavy (non-hydrogen) atoms. The van der Waals surface area contributed by atoms with E-state index in [2.05, 4.69) is 0 Å². The smallest absolute Gasteiger partial charge is 0.171 e. The second-order valence-corrected chi connectivity index (χ2v) is 4.77. The summed E-state index contributed by atoms with van der Waals surface area (Å²) in [5, 5.41) is 1.84. The standard InChI is InChI=1S/C13H10F2OS/c1-8-4-5-10(13(15)12(8)14)11(16)7-9-3-2-6-17-9/h2-6H,7H2,1H3. The van der Waals surface area contributed by atoms with Crippen LogP contribution in [0.15, 0.2) is 29.6 Å². The molecular formula is C13H10F2OS. The third kappa shape index (κ3) is 2.42. The summed E-state index contributed by atoms with van der Waals surface area (Å²) in [5.41, 5.74) is 0.0247. The highest BCUT2D eigenvalue weighted by Gasteiger charge is 2.17. The van der Waals surface area contributed by atoms with E-state index in [0.29, 0.717) is 0 Å². The van der Waals surface area contributed by atoms with Crippen molar-refractivity contribution in [2.24, 2.45) is 0 Å². The molecule has 0 radical (unpaired) electrons. The van der Waals surface area contributed by atoms with Crippen molar-refractivity contribution >= 4 is 17.1 Å². The van der Waals surface area contributed by atoms with E-state index in [4.69, 9.17) is 0 Å². The molecule has 1 heterocycles. The van der Waals surface area contributed by atoms with Gasteiger partial charge in [-0.1, -0.05) is 12.1 Å². The van der Waals surface area contributed by atoms with E-state index in [-0.39, 0.29) is 17.5 Å². The van der Waals surface area contributed by atoms with E-state index in [0.717, 1.165) is 4.88 Å². The minimum absolute atomic E-state index is 0.108. The monoisotopic (exact) mass is 252 g/mol. The number of hydrogen-bond acceptors (Lipinski definition) is 2. The van der Waals surface area contributed by atoms with Crippen LogP contribution in [-0.4, -0.2) is 5.78 Å². The van der Waals surface area contributed by atoms with Gasteiger partial charge in [0.25, 0.3) is 0 Å². The fourth-order valence-corrected chi connectivity index (χ4v) is 2.23. The number of rotatable bonds is 3. The Morgan fingerprint density at radius 2 is 2.00 bits per heavy atom. The van der Waals surface area contributed by atoms with Gasteiger partial charge in [-0.15, -0.1) is 11.3 Å². The molecule has 0 aliphatic heterocycles. The van der Waals surface area contributed by atoms with Crippen LogP contribution in [0.3, 0.4) is 0 Å². The van der Waals surface area contributed by atoms with Crippen molar-refractivity contribution in [3.8, 4) is 0 Å². The highest BCUT2D eigenvalue weighted by atomic mass is 32.1. The molecule has 0 saturated heterocycles. The van der Waals surface area contributed by atoms with Gasteiger partial charge in [0.05, 0.1) is 5.56 Å². The number of ketones is 1. The molecule has 2 aromatic rings. The Kier molecular flexibility index (Phi) is 3.33. The quantitative estimate of drug-likeness (QED) is 0.760. The Hall–Kier alpha value is -1.55. The summed E-state index contributed by atoms with van der Waals surface area (Å²) < 4.78 is 26.9. The molecule has 0 spiro atoms. The zero-order chi connectivity index (χ0) is 12.4. The summed E-state index contributed by atoms with van der Waals surface area (Å²) in [5.74, 6) is -2.39.